The van der Waals surface area contributed by atoms with Crippen LogP contribution in [0.3, 0.4) is 0 Å². The Labute approximate surface area is 177 Å². The Morgan fingerprint density at radius 3 is 2.33 bits per heavy atom. The molecule has 0 unspecified atom stereocenters. The van der Waals surface area contributed by atoms with E-state index in [1.807, 2.05) is 52.0 Å². The lowest BCUT2D eigenvalue weighted by Gasteiger charge is -2.20. The van der Waals surface area contributed by atoms with Crippen LogP contribution in [-0.2, 0) is 4.74 Å². The van der Waals surface area contributed by atoms with Crippen LogP contribution >= 0.6 is 0 Å². The molecule has 1 aliphatic heterocycles. The topological polar surface area (TPSA) is 67.4 Å². The molecule has 30 heavy (non-hydrogen) atoms. The molecular weight excluding hydrogens is 376 g/mol. The predicted octanol–water partition coefficient (Wildman–Crippen LogP) is 5.55. The summed E-state index contributed by atoms with van der Waals surface area (Å²) in [7, 11) is 0. The second-order valence-corrected chi connectivity index (χ2v) is 8.72. The molecule has 6 heteroatoms. The Bertz CT molecular complexity index is 1060. The van der Waals surface area contributed by atoms with Gasteiger partial charge in [0.1, 0.15) is 17.2 Å². The molecule has 1 amide bonds. The number of aromatic nitrogens is 2. The number of nitrogens with zero attached hydrogens (tertiary/aromatic N) is 3. The van der Waals surface area contributed by atoms with Gasteiger partial charge >= 0.3 is 6.09 Å². The van der Waals surface area contributed by atoms with Crippen LogP contribution in [0.15, 0.2) is 42.5 Å². The minimum atomic E-state index is -0.525. The normalized spacial score (nSPS) is 14.2. The van der Waals surface area contributed by atoms with Gasteiger partial charge in [0.15, 0.2) is 0 Å². The van der Waals surface area contributed by atoms with Crippen LogP contribution in [0, 0.1) is 6.92 Å². The molecule has 1 aromatic heterocycles. The highest BCUT2D eigenvalue weighted by Gasteiger charge is 2.18. The molecule has 6 nitrogen and oxygen atoms in total. The van der Waals surface area contributed by atoms with Gasteiger partial charge in [0.05, 0.1) is 5.52 Å². The first-order valence-electron chi connectivity index (χ1n) is 10.4. The lowest BCUT2D eigenvalue weighted by Crippen LogP contribution is -2.27. The molecule has 1 saturated heterocycles. The van der Waals surface area contributed by atoms with Gasteiger partial charge in [-0.25, -0.2) is 14.8 Å². The Kier molecular flexibility index (Phi) is 5.33. The number of aryl methyl sites for hydroxylation is 1. The fourth-order valence-electron chi connectivity index (χ4n) is 3.74. The van der Waals surface area contributed by atoms with Crippen LogP contribution < -0.4 is 10.2 Å². The molecular formula is C24H28N4O2. The van der Waals surface area contributed by atoms with Crippen molar-refractivity contribution in [2.75, 3.05) is 23.3 Å². The highest BCUT2D eigenvalue weighted by atomic mass is 16.6. The third-order valence-corrected chi connectivity index (χ3v) is 5.06. The summed E-state index contributed by atoms with van der Waals surface area (Å²) in [6.45, 7) is 9.59. The van der Waals surface area contributed by atoms with E-state index in [0.29, 0.717) is 5.69 Å². The fourth-order valence-corrected chi connectivity index (χ4v) is 3.74. The third kappa shape index (κ3) is 4.53. The number of hydrogen-bond acceptors (Lipinski definition) is 5. The van der Waals surface area contributed by atoms with Crippen molar-refractivity contribution in [3.63, 3.8) is 0 Å². The summed E-state index contributed by atoms with van der Waals surface area (Å²) in [4.78, 5) is 23.7. The van der Waals surface area contributed by atoms with Crippen molar-refractivity contribution >= 4 is 28.5 Å². The van der Waals surface area contributed by atoms with Gasteiger partial charge in [0.25, 0.3) is 0 Å². The molecule has 2 heterocycles. The fraction of sp³-hybridized carbons (Fsp3) is 0.375. The largest absolute Gasteiger partial charge is 0.444 e. The van der Waals surface area contributed by atoms with Crippen LogP contribution in [0.5, 0.6) is 0 Å². The van der Waals surface area contributed by atoms with Gasteiger partial charge in [-0.1, -0.05) is 18.2 Å². The molecule has 2 aromatic carbocycles. The first-order valence-corrected chi connectivity index (χ1v) is 10.4. The first-order chi connectivity index (χ1) is 14.3. The van der Waals surface area contributed by atoms with Crippen molar-refractivity contribution in [1.29, 1.82) is 0 Å². The second-order valence-electron chi connectivity index (χ2n) is 8.72. The van der Waals surface area contributed by atoms with Crippen LogP contribution in [0.1, 0.15) is 39.4 Å². The van der Waals surface area contributed by atoms with Crippen molar-refractivity contribution in [1.82, 2.24) is 9.97 Å². The average Bonchev–Trinajstić information content (AvgIpc) is 3.20. The minimum Gasteiger partial charge on any atom is -0.444 e. The molecule has 4 rings (SSSR count). The number of amides is 1. The van der Waals surface area contributed by atoms with Gasteiger partial charge in [0.2, 0.25) is 0 Å². The highest BCUT2D eigenvalue weighted by Crippen LogP contribution is 2.31. The maximum absolute atomic E-state index is 12.0. The van der Waals surface area contributed by atoms with E-state index < -0.39 is 11.7 Å². The van der Waals surface area contributed by atoms with E-state index in [-0.39, 0.29) is 0 Å². The van der Waals surface area contributed by atoms with E-state index >= 15 is 0 Å². The summed E-state index contributed by atoms with van der Waals surface area (Å²) in [5.74, 6) is 1.83. The van der Waals surface area contributed by atoms with E-state index in [0.717, 1.165) is 46.8 Å². The lowest BCUT2D eigenvalue weighted by atomic mass is 10.0. The first kappa shape index (κ1) is 20.1. The molecule has 0 atom stereocenters. The summed E-state index contributed by atoms with van der Waals surface area (Å²) in [6, 6.07) is 14.1. The molecule has 1 fully saturated rings. The van der Waals surface area contributed by atoms with Crippen LogP contribution in [0.25, 0.3) is 22.0 Å². The van der Waals surface area contributed by atoms with Gasteiger partial charge in [0, 0.05) is 24.2 Å². The quantitative estimate of drug-likeness (QED) is 0.620. The van der Waals surface area contributed by atoms with Gasteiger partial charge in [-0.2, -0.15) is 0 Å². The zero-order chi connectivity index (χ0) is 21.3. The summed E-state index contributed by atoms with van der Waals surface area (Å²) >= 11 is 0. The summed E-state index contributed by atoms with van der Waals surface area (Å²) in [5.41, 5.74) is 3.27. The van der Waals surface area contributed by atoms with E-state index in [9.17, 15) is 4.79 Å². The lowest BCUT2D eigenvalue weighted by molar-refractivity contribution is 0.0636. The number of carbonyl (C=O) groups is 1. The number of nitrogens with one attached hydrogen (secondary N) is 1. The highest BCUT2D eigenvalue weighted by molar-refractivity contribution is 5.93. The SMILES string of the molecule is Cc1nc(N2CCCC2)c2ccc(-c3ccc(NC(=O)OC(C)(C)C)cc3)cc2n1. The standard InChI is InChI=1S/C24H28N4O2/c1-16-25-21-15-18(9-12-20(21)22(26-16)28-13-5-6-14-28)17-7-10-19(11-8-17)27-23(29)30-24(2,3)4/h7-12,15H,5-6,13-14H2,1-4H3,(H,27,29). The maximum Gasteiger partial charge on any atom is 0.412 e. The maximum atomic E-state index is 12.0. The van der Waals surface area contributed by atoms with Crippen molar-refractivity contribution < 1.29 is 9.53 Å². The molecule has 0 aliphatic carbocycles. The summed E-state index contributed by atoms with van der Waals surface area (Å²) in [6.07, 6.45) is 1.97. The zero-order valence-electron chi connectivity index (χ0n) is 18.0. The minimum absolute atomic E-state index is 0.456. The Balaban J connectivity index is 1.58. The number of ether oxygens (including phenoxy) is 1. The molecule has 1 aliphatic rings. The van der Waals surface area contributed by atoms with Gasteiger partial charge in [-0.05, 0) is 75.9 Å². The van der Waals surface area contributed by atoms with Crippen molar-refractivity contribution in [2.45, 2.75) is 46.1 Å². The number of benzene rings is 2. The molecule has 3 aromatic rings. The predicted molar refractivity (Wildman–Crippen MR) is 121 cm³/mol. The average molecular weight is 405 g/mol. The van der Waals surface area contributed by atoms with Crippen LogP contribution in [-0.4, -0.2) is 34.8 Å². The summed E-state index contributed by atoms with van der Waals surface area (Å²) < 4.78 is 5.30. The molecule has 0 radical (unpaired) electrons. The van der Waals surface area contributed by atoms with E-state index in [2.05, 4.69) is 33.4 Å². The van der Waals surface area contributed by atoms with E-state index in [1.54, 1.807) is 0 Å². The molecule has 0 spiro atoms. The molecule has 1 N–H and O–H groups in total. The number of anilines is 2. The van der Waals surface area contributed by atoms with Gasteiger partial charge < -0.3 is 9.64 Å². The van der Waals surface area contributed by atoms with Gasteiger partial charge in [-0.15, -0.1) is 0 Å². The Morgan fingerprint density at radius 2 is 1.67 bits per heavy atom. The molecule has 0 saturated carbocycles. The van der Waals surface area contributed by atoms with Crippen molar-refractivity contribution in [2.24, 2.45) is 0 Å². The van der Waals surface area contributed by atoms with Crippen LogP contribution in [0.4, 0.5) is 16.3 Å². The number of hydrogen-bond donors (Lipinski definition) is 1. The van der Waals surface area contributed by atoms with Crippen molar-refractivity contribution in [3.05, 3.63) is 48.3 Å². The Morgan fingerprint density at radius 1 is 1.00 bits per heavy atom. The molecule has 0 bridgehead atoms. The van der Waals surface area contributed by atoms with E-state index in [1.165, 1.54) is 12.8 Å². The third-order valence-electron chi connectivity index (χ3n) is 5.06. The second kappa shape index (κ2) is 7.94. The molecule has 156 valence electrons. The van der Waals surface area contributed by atoms with E-state index in [4.69, 9.17) is 9.72 Å². The number of rotatable bonds is 3. The zero-order valence-corrected chi connectivity index (χ0v) is 18.0. The number of carbonyl (C=O) groups excluding carboxylic acids is 1. The Hall–Kier alpha value is -3.15. The summed E-state index contributed by atoms with van der Waals surface area (Å²) in [5, 5.41) is 3.86. The number of fused-ring (bicyclic) bond motifs is 1. The van der Waals surface area contributed by atoms with Crippen molar-refractivity contribution in [3.8, 4) is 11.1 Å². The van der Waals surface area contributed by atoms with Crippen LogP contribution in [0.2, 0.25) is 0 Å². The monoisotopic (exact) mass is 404 g/mol. The smallest absolute Gasteiger partial charge is 0.412 e. The van der Waals surface area contributed by atoms with Gasteiger partial charge in [-0.3, -0.25) is 5.32 Å².